The van der Waals surface area contributed by atoms with Crippen LogP contribution in [0.2, 0.25) is 0 Å². The number of carbonyl (C=O) groups excluding carboxylic acids is 14. The van der Waals surface area contributed by atoms with Crippen molar-refractivity contribution in [3.63, 3.8) is 0 Å². The number of amides is 6. The zero-order chi connectivity index (χ0) is 72.5. The molecular weight excluding hydrogens is 1290 g/mol. The molecule has 0 bridgehead atoms. The van der Waals surface area contributed by atoms with Gasteiger partial charge in [-0.2, -0.15) is 0 Å². The molecule has 17 atom stereocenters. The maximum atomic E-state index is 15.0. The number of nitrogens with two attached hydrogens (primary N) is 2. The van der Waals surface area contributed by atoms with Crippen LogP contribution in [-0.2, 0) is 135 Å². The molecule has 0 spiro atoms. The SMILES string of the molecule is CC(=O)OC[C@H]1O[C@@H](O[C@H](C)[C@H](NC(=O)[C@H](Cc2ccc(O)cc2)NC(=O)[C@H](CCC(N)=O)NC(=O)[C@@H](NC(=O)CNC(=O)[C@@H](N)CC2CCCCC2)[C@@H](C)O[C@@H]2O[C@H](COC(C)=O)[C@H](OC(C)=O)[C@H](OC(C)=O)[C@H]2OC(C)=O)C(=O)O)[C@H](OC(C)=O)[C@@H](OC(C)=O)[C@H]1OC(C)=O. The van der Waals surface area contributed by atoms with Gasteiger partial charge in [0.15, 0.2) is 55.2 Å². The summed E-state index contributed by atoms with van der Waals surface area (Å²) in [5.74, 6) is -16.4. The normalized spacial score (nSPS) is 23.7. The van der Waals surface area contributed by atoms with Crippen LogP contribution in [-0.4, -0.2) is 223 Å². The molecule has 0 unspecified atom stereocenters. The highest BCUT2D eigenvalue weighted by molar-refractivity contribution is 5.96. The summed E-state index contributed by atoms with van der Waals surface area (Å²) < 4.78 is 67.2. The fourth-order valence-corrected chi connectivity index (χ4v) is 10.8. The largest absolute Gasteiger partial charge is 0.508 e. The predicted molar refractivity (Wildman–Crippen MR) is 323 cm³/mol. The molecule has 2 heterocycles. The number of benzene rings is 1. The summed E-state index contributed by atoms with van der Waals surface area (Å²) in [5.41, 5.74) is 12.0. The molecule has 1 aliphatic carbocycles. The highest BCUT2D eigenvalue weighted by Gasteiger charge is 2.56. The number of nitrogens with one attached hydrogen (secondary N) is 5. The van der Waals surface area contributed by atoms with E-state index in [-0.39, 0.29) is 17.2 Å². The van der Waals surface area contributed by atoms with Crippen LogP contribution in [0, 0.1) is 5.92 Å². The Bertz CT molecular complexity index is 2980. The van der Waals surface area contributed by atoms with Gasteiger partial charge < -0.3 is 105 Å². The molecule has 36 nitrogen and oxygen atoms in total. The van der Waals surface area contributed by atoms with Crippen LogP contribution in [0.3, 0.4) is 0 Å². The summed E-state index contributed by atoms with van der Waals surface area (Å²) in [6, 6.07) is -4.00. The van der Waals surface area contributed by atoms with Crippen molar-refractivity contribution in [2.45, 2.75) is 231 Å². The molecule has 1 aromatic rings. The van der Waals surface area contributed by atoms with E-state index in [0.29, 0.717) is 6.42 Å². The first-order valence-corrected chi connectivity index (χ1v) is 31.0. The van der Waals surface area contributed by atoms with Crippen LogP contribution in [0.5, 0.6) is 5.75 Å². The minimum Gasteiger partial charge on any atom is -0.508 e. The van der Waals surface area contributed by atoms with E-state index in [1.165, 1.54) is 24.3 Å². The summed E-state index contributed by atoms with van der Waals surface area (Å²) in [5, 5.41) is 32.7. The van der Waals surface area contributed by atoms with Gasteiger partial charge in [0, 0.05) is 68.2 Å². The quantitative estimate of drug-likeness (QED) is 0.0257. The average molecular weight is 1380 g/mol. The number of phenolic OH excluding ortho intramolecular Hbond substituents is 1. The lowest BCUT2D eigenvalue weighted by atomic mass is 9.85. The summed E-state index contributed by atoms with van der Waals surface area (Å²) >= 11 is 0. The van der Waals surface area contributed by atoms with Gasteiger partial charge in [-0.05, 0) is 50.3 Å². The first-order chi connectivity index (χ1) is 45.5. The van der Waals surface area contributed by atoms with Gasteiger partial charge in [-0.15, -0.1) is 0 Å². The van der Waals surface area contributed by atoms with E-state index in [0.717, 1.165) is 101 Å². The number of carbonyl (C=O) groups is 15. The van der Waals surface area contributed by atoms with Crippen molar-refractivity contribution in [3.8, 4) is 5.75 Å². The molecule has 540 valence electrons. The molecule has 0 radical (unpaired) electrons. The molecule has 97 heavy (non-hydrogen) atoms. The third-order valence-electron chi connectivity index (χ3n) is 15.1. The van der Waals surface area contributed by atoms with Gasteiger partial charge in [0.25, 0.3) is 0 Å². The van der Waals surface area contributed by atoms with Gasteiger partial charge in [0.1, 0.15) is 49.3 Å². The van der Waals surface area contributed by atoms with Crippen LogP contribution in [0.25, 0.3) is 0 Å². The van der Waals surface area contributed by atoms with Crippen molar-refractivity contribution in [1.82, 2.24) is 26.6 Å². The van der Waals surface area contributed by atoms with Gasteiger partial charge in [0.05, 0.1) is 24.8 Å². The van der Waals surface area contributed by atoms with Crippen molar-refractivity contribution in [2.75, 3.05) is 19.8 Å². The molecule has 4 rings (SSSR count). The Morgan fingerprint density at radius 2 is 0.948 bits per heavy atom. The van der Waals surface area contributed by atoms with E-state index in [1.807, 2.05) is 0 Å². The maximum Gasteiger partial charge on any atom is 0.328 e. The lowest BCUT2D eigenvalue weighted by Crippen LogP contribution is -2.65. The minimum absolute atomic E-state index is 0.146. The van der Waals surface area contributed by atoms with E-state index in [4.69, 9.17) is 68.3 Å². The van der Waals surface area contributed by atoms with Crippen LogP contribution >= 0.6 is 0 Å². The molecule has 1 aromatic carbocycles. The Morgan fingerprint density at radius 3 is 1.38 bits per heavy atom. The second-order valence-electron chi connectivity index (χ2n) is 23.2. The Hall–Kier alpha value is -9.13. The highest BCUT2D eigenvalue weighted by atomic mass is 16.8. The molecule has 2 saturated heterocycles. The van der Waals surface area contributed by atoms with Gasteiger partial charge in [-0.25, -0.2) is 4.79 Å². The van der Waals surface area contributed by atoms with Gasteiger partial charge in [-0.3, -0.25) is 67.1 Å². The average Bonchev–Trinajstić information content (AvgIpc) is 0.789. The number of carboxylic acid groups (broad SMARTS) is 1. The van der Waals surface area contributed by atoms with Crippen LogP contribution in [0.4, 0.5) is 0 Å². The Labute approximate surface area is 556 Å². The highest BCUT2D eigenvalue weighted by Crippen LogP contribution is 2.33. The fraction of sp³-hybridized carbons (Fsp3) is 0.656. The van der Waals surface area contributed by atoms with Gasteiger partial charge in [0.2, 0.25) is 35.4 Å². The second kappa shape index (κ2) is 38.6. The van der Waals surface area contributed by atoms with E-state index >= 15 is 0 Å². The molecule has 3 fully saturated rings. The zero-order valence-electron chi connectivity index (χ0n) is 55.3. The number of hydrogen-bond acceptors (Lipinski definition) is 29. The Morgan fingerprint density at radius 1 is 0.526 bits per heavy atom. The van der Waals surface area contributed by atoms with E-state index in [1.54, 1.807) is 0 Å². The molecule has 6 amide bonds. The van der Waals surface area contributed by atoms with Crippen molar-refractivity contribution >= 4 is 89.2 Å². The number of aromatic hydroxyl groups is 1. The smallest absolute Gasteiger partial charge is 0.328 e. The van der Waals surface area contributed by atoms with E-state index in [9.17, 15) is 82.1 Å². The van der Waals surface area contributed by atoms with Crippen molar-refractivity contribution in [3.05, 3.63) is 29.8 Å². The van der Waals surface area contributed by atoms with Gasteiger partial charge in [-0.1, -0.05) is 44.2 Å². The Balaban J connectivity index is 1.77. The van der Waals surface area contributed by atoms with Gasteiger partial charge >= 0.3 is 53.7 Å². The maximum absolute atomic E-state index is 15.0. The first-order valence-electron chi connectivity index (χ1n) is 31.0. The Kier molecular flexibility index (Phi) is 31.9. The van der Waals surface area contributed by atoms with Crippen LogP contribution in [0.15, 0.2) is 24.3 Å². The monoisotopic (exact) mass is 1380 g/mol. The predicted octanol–water partition coefficient (Wildman–Crippen LogP) is -2.39. The number of phenols is 1. The summed E-state index contributed by atoms with van der Waals surface area (Å²) in [6.07, 6.45) is -18.1. The first kappa shape index (κ1) is 80.3. The molecule has 3 aliphatic rings. The standard InChI is InChI=1S/C61H87N7O29/c1-27(88-60-53(94-35(9)75)51(92-33(7)73)49(90-31(5)71)43(96-60)25-86-29(3)69)47(67-46(79)24-64-55(80)40(62)22-37-14-12-11-13-15-37)58(83)65-41(20-21-45(63)78)56(81)66-42(23-38-16-18-39(77)19-17-38)57(82)68-48(59(84)85)28(2)89-61-54(95-36(10)76)52(93-34(8)74)50(91-32(6)72)44(97-61)26-87-30(4)70/h16-19,27-28,37,40-44,47-54,60-61,77H,11-15,20-26,62H2,1-10H3,(H2,63,78)(H,64,80)(H,65,83)(H,66,81)(H,67,79)(H,68,82)(H,84,85)/t27-,28-,40+,41+,42+,43-,44-,47+,48+,49+,50+,51+,52+,53-,54-,60-,61-/m1/s1. The number of primary amides is 1. The van der Waals surface area contributed by atoms with Crippen LogP contribution < -0.4 is 38.1 Å². The van der Waals surface area contributed by atoms with E-state index in [2.05, 4.69) is 26.6 Å². The third kappa shape index (κ3) is 26.8. The number of hydrogen-bond donors (Lipinski definition) is 9. The summed E-state index contributed by atoms with van der Waals surface area (Å²) in [7, 11) is 0. The lowest BCUT2D eigenvalue weighted by molar-refractivity contribution is -0.316. The van der Waals surface area contributed by atoms with Crippen molar-refractivity contribution in [1.29, 1.82) is 0 Å². The van der Waals surface area contributed by atoms with E-state index < -0.39 is 232 Å². The minimum atomic E-state index is -2.16. The van der Waals surface area contributed by atoms with Crippen molar-refractivity contribution < 1.29 is 139 Å². The second-order valence-corrected chi connectivity index (χ2v) is 23.2. The number of esters is 8. The number of carboxylic acids is 1. The lowest BCUT2D eigenvalue weighted by Gasteiger charge is -2.45. The number of aliphatic carboxylic acids is 1. The molecule has 11 N–H and O–H groups in total. The molecule has 36 heteroatoms. The zero-order valence-corrected chi connectivity index (χ0v) is 55.3. The summed E-state index contributed by atoms with van der Waals surface area (Å²) in [4.78, 5) is 197. The molecule has 2 aliphatic heterocycles. The van der Waals surface area contributed by atoms with Crippen LogP contribution in [0.1, 0.15) is 126 Å². The third-order valence-corrected chi connectivity index (χ3v) is 15.1. The topological polar surface area (TPSA) is 519 Å². The fourth-order valence-electron chi connectivity index (χ4n) is 10.8. The summed E-state index contributed by atoms with van der Waals surface area (Å²) in [6.45, 7) is 7.84. The number of rotatable bonds is 34. The molecule has 0 aromatic heterocycles. The number of ether oxygens (including phenoxy) is 12. The van der Waals surface area contributed by atoms with Crippen molar-refractivity contribution in [2.24, 2.45) is 17.4 Å². The molecular formula is C61H87N7O29. The molecule has 1 saturated carbocycles.